The summed E-state index contributed by atoms with van der Waals surface area (Å²) in [6.45, 7) is 1.65. The monoisotopic (exact) mass is 267 g/mol. The molecule has 1 unspecified atom stereocenters. The maximum atomic E-state index is 13.5. The zero-order valence-corrected chi connectivity index (χ0v) is 10.4. The Bertz CT molecular complexity index is 541. The van der Waals surface area contributed by atoms with Crippen molar-refractivity contribution in [3.63, 3.8) is 0 Å². The molecule has 0 aromatic heterocycles. The molecular weight excluding hydrogens is 253 g/mol. The molecule has 1 fully saturated rings. The molecule has 1 atom stereocenters. The second-order valence-electron chi connectivity index (χ2n) is 5.22. The summed E-state index contributed by atoms with van der Waals surface area (Å²) in [6.07, 6.45) is 1.90. The molecule has 1 aliphatic carbocycles. The highest BCUT2D eigenvalue weighted by Gasteiger charge is 2.47. The largest absolute Gasteiger partial charge is 0.481 e. The maximum Gasteiger partial charge on any atom is 0.309 e. The summed E-state index contributed by atoms with van der Waals surface area (Å²) in [5.74, 6) is -1.73. The number of rotatable bonds is 5. The Morgan fingerprint density at radius 2 is 2.21 bits per heavy atom. The van der Waals surface area contributed by atoms with Crippen LogP contribution in [-0.4, -0.2) is 16.0 Å². The molecule has 5 nitrogen and oxygen atoms in total. The van der Waals surface area contributed by atoms with Gasteiger partial charge >= 0.3 is 11.7 Å². The number of carboxylic acid groups (broad SMARTS) is 1. The number of aliphatic carboxylic acids is 1. The molecule has 0 radical (unpaired) electrons. The van der Waals surface area contributed by atoms with Gasteiger partial charge in [-0.25, -0.2) is 0 Å². The van der Waals surface area contributed by atoms with Crippen molar-refractivity contribution in [2.45, 2.75) is 26.2 Å². The molecule has 1 aliphatic rings. The molecule has 0 heterocycles. The standard InChI is InChI=1S/C13H14FNO4/c1-13(12(16)17,9-3-4-9)7-8-2-5-11(15(18)19)10(14)6-8/h2,5-6,9H,3-4,7H2,1H3,(H,16,17). The van der Waals surface area contributed by atoms with E-state index in [0.29, 0.717) is 5.56 Å². The van der Waals surface area contributed by atoms with E-state index in [4.69, 9.17) is 0 Å². The third-order valence-electron chi connectivity index (χ3n) is 3.75. The van der Waals surface area contributed by atoms with E-state index in [2.05, 4.69) is 0 Å². The Balaban J connectivity index is 2.25. The van der Waals surface area contributed by atoms with Gasteiger partial charge in [0, 0.05) is 6.07 Å². The number of carbonyl (C=O) groups is 1. The first-order chi connectivity index (χ1) is 8.84. The Morgan fingerprint density at radius 3 is 2.63 bits per heavy atom. The highest BCUT2D eigenvalue weighted by molar-refractivity contribution is 5.75. The smallest absolute Gasteiger partial charge is 0.309 e. The summed E-state index contributed by atoms with van der Waals surface area (Å²) in [5.41, 5.74) is -1.05. The van der Waals surface area contributed by atoms with Gasteiger partial charge in [-0.2, -0.15) is 4.39 Å². The second kappa shape index (κ2) is 4.60. The molecule has 1 saturated carbocycles. The molecule has 0 bridgehead atoms. The van der Waals surface area contributed by atoms with Crippen LogP contribution in [0.15, 0.2) is 18.2 Å². The van der Waals surface area contributed by atoms with Crippen LogP contribution in [-0.2, 0) is 11.2 Å². The number of carboxylic acids is 1. The first kappa shape index (κ1) is 13.5. The fraction of sp³-hybridized carbons (Fsp3) is 0.462. The Hall–Kier alpha value is -1.98. The predicted molar refractivity (Wildman–Crippen MR) is 65.2 cm³/mol. The molecule has 19 heavy (non-hydrogen) atoms. The first-order valence-electron chi connectivity index (χ1n) is 6.01. The average molecular weight is 267 g/mol. The van der Waals surface area contributed by atoms with E-state index in [-0.39, 0.29) is 12.3 Å². The van der Waals surface area contributed by atoms with Gasteiger partial charge < -0.3 is 5.11 Å². The molecule has 0 amide bonds. The maximum absolute atomic E-state index is 13.5. The van der Waals surface area contributed by atoms with Crippen LogP contribution in [0.1, 0.15) is 25.3 Å². The van der Waals surface area contributed by atoms with Crippen molar-refractivity contribution in [1.82, 2.24) is 0 Å². The summed E-state index contributed by atoms with van der Waals surface area (Å²) < 4.78 is 13.5. The zero-order chi connectivity index (χ0) is 14.2. The lowest BCUT2D eigenvalue weighted by atomic mass is 9.79. The minimum absolute atomic E-state index is 0.100. The van der Waals surface area contributed by atoms with Gasteiger partial charge in [-0.1, -0.05) is 6.07 Å². The van der Waals surface area contributed by atoms with E-state index in [0.717, 1.165) is 25.0 Å². The van der Waals surface area contributed by atoms with E-state index < -0.39 is 27.8 Å². The Kier molecular flexibility index (Phi) is 3.26. The zero-order valence-electron chi connectivity index (χ0n) is 10.4. The van der Waals surface area contributed by atoms with Crippen LogP contribution in [0.4, 0.5) is 10.1 Å². The van der Waals surface area contributed by atoms with Crippen LogP contribution in [0, 0.1) is 27.3 Å². The van der Waals surface area contributed by atoms with Gasteiger partial charge in [-0.15, -0.1) is 0 Å². The van der Waals surface area contributed by atoms with Gasteiger partial charge in [0.15, 0.2) is 0 Å². The molecule has 0 saturated heterocycles. The minimum Gasteiger partial charge on any atom is -0.481 e. The fourth-order valence-corrected chi connectivity index (χ4v) is 2.35. The third kappa shape index (κ3) is 2.57. The molecule has 102 valence electrons. The summed E-state index contributed by atoms with van der Waals surface area (Å²) in [4.78, 5) is 21.1. The van der Waals surface area contributed by atoms with Crippen LogP contribution < -0.4 is 0 Å². The van der Waals surface area contributed by atoms with E-state index >= 15 is 0 Å². The third-order valence-corrected chi connectivity index (χ3v) is 3.75. The summed E-state index contributed by atoms with van der Waals surface area (Å²) in [7, 11) is 0. The van der Waals surface area contributed by atoms with Crippen molar-refractivity contribution in [3.05, 3.63) is 39.7 Å². The average Bonchev–Trinajstić information content (AvgIpc) is 3.11. The van der Waals surface area contributed by atoms with Crippen LogP contribution in [0.25, 0.3) is 0 Å². The molecule has 1 aromatic carbocycles. The SMILES string of the molecule is CC(Cc1ccc([N+](=O)[O-])c(F)c1)(C(=O)O)C1CC1. The summed E-state index contributed by atoms with van der Waals surface area (Å²) in [5, 5.41) is 19.8. The summed E-state index contributed by atoms with van der Waals surface area (Å²) in [6, 6.07) is 3.56. The highest BCUT2D eigenvalue weighted by Crippen LogP contribution is 2.47. The molecule has 1 aromatic rings. The van der Waals surface area contributed by atoms with Crippen molar-refractivity contribution in [1.29, 1.82) is 0 Å². The van der Waals surface area contributed by atoms with E-state index in [1.807, 2.05) is 0 Å². The van der Waals surface area contributed by atoms with Crippen molar-refractivity contribution >= 4 is 11.7 Å². The van der Waals surface area contributed by atoms with Crippen molar-refractivity contribution < 1.29 is 19.2 Å². The molecule has 1 N–H and O–H groups in total. The van der Waals surface area contributed by atoms with Gasteiger partial charge in [0.2, 0.25) is 5.82 Å². The molecule has 2 rings (SSSR count). The fourth-order valence-electron chi connectivity index (χ4n) is 2.35. The van der Waals surface area contributed by atoms with Gasteiger partial charge in [0.25, 0.3) is 0 Å². The van der Waals surface area contributed by atoms with Crippen LogP contribution in [0.3, 0.4) is 0 Å². The molecular formula is C13H14FNO4. The van der Waals surface area contributed by atoms with E-state index in [1.54, 1.807) is 6.92 Å². The highest BCUT2D eigenvalue weighted by atomic mass is 19.1. The predicted octanol–water partition coefficient (Wildman–Crippen LogP) is 2.78. The lowest BCUT2D eigenvalue weighted by molar-refractivity contribution is -0.387. The van der Waals surface area contributed by atoms with E-state index in [9.17, 15) is 24.4 Å². The van der Waals surface area contributed by atoms with Gasteiger partial charge in [-0.3, -0.25) is 14.9 Å². The minimum atomic E-state index is -0.928. The number of nitrogens with zero attached hydrogens (tertiary/aromatic N) is 1. The number of hydrogen-bond acceptors (Lipinski definition) is 3. The molecule has 6 heteroatoms. The first-order valence-corrected chi connectivity index (χ1v) is 6.01. The van der Waals surface area contributed by atoms with Gasteiger partial charge in [0.05, 0.1) is 10.3 Å². The lowest BCUT2D eigenvalue weighted by Gasteiger charge is -2.24. The van der Waals surface area contributed by atoms with Crippen LogP contribution >= 0.6 is 0 Å². The number of hydrogen-bond donors (Lipinski definition) is 1. The topological polar surface area (TPSA) is 80.4 Å². The van der Waals surface area contributed by atoms with Crippen molar-refractivity contribution in [2.75, 3.05) is 0 Å². The Morgan fingerprint density at radius 1 is 1.58 bits per heavy atom. The van der Waals surface area contributed by atoms with E-state index in [1.165, 1.54) is 6.07 Å². The Labute approximate surface area is 109 Å². The summed E-state index contributed by atoms with van der Waals surface area (Å²) >= 11 is 0. The number of benzene rings is 1. The normalized spacial score (nSPS) is 17.8. The van der Waals surface area contributed by atoms with Crippen LogP contribution in [0.2, 0.25) is 0 Å². The number of nitro groups is 1. The van der Waals surface area contributed by atoms with Gasteiger partial charge in [-0.05, 0) is 43.7 Å². The molecule has 0 spiro atoms. The number of halogens is 1. The quantitative estimate of drug-likeness (QED) is 0.657. The second-order valence-corrected chi connectivity index (χ2v) is 5.22. The van der Waals surface area contributed by atoms with Gasteiger partial charge in [0.1, 0.15) is 0 Å². The lowest BCUT2D eigenvalue weighted by Crippen LogP contribution is -2.32. The van der Waals surface area contributed by atoms with Crippen LogP contribution in [0.5, 0.6) is 0 Å². The van der Waals surface area contributed by atoms with Crippen molar-refractivity contribution in [3.8, 4) is 0 Å². The number of nitro benzene ring substituents is 1. The van der Waals surface area contributed by atoms with Crippen molar-refractivity contribution in [2.24, 2.45) is 11.3 Å². The molecule has 0 aliphatic heterocycles.